The summed E-state index contributed by atoms with van der Waals surface area (Å²) in [5, 5.41) is 24.6. The van der Waals surface area contributed by atoms with E-state index in [-0.39, 0.29) is 33.6 Å². The number of benzene rings is 1. The number of pyridine rings is 3. The third kappa shape index (κ3) is 4.85. The predicted molar refractivity (Wildman–Crippen MR) is 137 cm³/mol. The van der Waals surface area contributed by atoms with E-state index in [0.29, 0.717) is 22.3 Å². The Kier molecular flexibility index (Phi) is 6.39. The molecule has 0 aliphatic heterocycles. The highest BCUT2D eigenvalue weighted by Gasteiger charge is 2.28. The van der Waals surface area contributed by atoms with Crippen LogP contribution >= 0.6 is 11.6 Å². The molecule has 1 fully saturated rings. The van der Waals surface area contributed by atoms with Crippen molar-refractivity contribution in [3.05, 3.63) is 94.4 Å². The number of nitrogens with zero attached hydrogens (tertiary/aromatic N) is 7. The van der Waals surface area contributed by atoms with Crippen LogP contribution in [0.5, 0.6) is 0 Å². The van der Waals surface area contributed by atoms with E-state index in [1.54, 1.807) is 23.0 Å². The van der Waals surface area contributed by atoms with Crippen molar-refractivity contribution in [2.24, 2.45) is 0 Å². The number of anilines is 3. The molecule has 1 unspecified atom stereocenters. The zero-order chi connectivity index (χ0) is 28.0. The molecule has 0 radical (unpaired) electrons. The Morgan fingerprint density at radius 1 is 1.02 bits per heavy atom. The first-order chi connectivity index (χ1) is 19.3. The van der Waals surface area contributed by atoms with Crippen LogP contribution in [0.1, 0.15) is 41.7 Å². The summed E-state index contributed by atoms with van der Waals surface area (Å²) in [6.45, 7) is 0. The molecule has 0 saturated heterocycles. The highest BCUT2D eigenvalue weighted by molar-refractivity contribution is 6.36. The zero-order valence-corrected chi connectivity index (χ0v) is 21.0. The molecule has 0 spiro atoms. The van der Waals surface area contributed by atoms with E-state index in [1.165, 1.54) is 12.3 Å². The molecule has 6 rings (SSSR count). The molecular weight excluding hydrogens is 550 g/mol. The molecule has 1 atom stereocenters. The molecule has 1 saturated carbocycles. The van der Waals surface area contributed by atoms with Gasteiger partial charge in [-0.05, 0) is 37.1 Å². The number of hydrogen-bond acceptors (Lipinski definition) is 8. The summed E-state index contributed by atoms with van der Waals surface area (Å²) in [7, 11) is 0. The summed E-state index contributed by atoms with van der Waals surface area (Å²) in [4.78, 5) is 10.9. The number of rotatable bonds is 7. The van der Waals surface area contributed by atoms with Gasteiger partial charge in [-0.2, -0.15) is 23.4 Å². The first-order valence-corrected chi connectivity index (χ1v) is 12.3. The molecule has 14 heteroatoms. The number of nitrogens with one attached hydrogen (secondary N) is 2. The summed E-state index contributed by atoms with van der Waals surface area (Å²) in [6, 6.07) is 7.59. The standard InChI is InChI=1S/C26H16ClF4N9/c27-18-6-13(5-17-22(12(8-32)9-33-23(17)18)36-14-7-19(28)26(31)34-10-14)35-24(16-3-4-21(29)37-25(16)30)20-11-40(39-38-20)15-1-2-15/h3-7,9-11,15,24,35H,1-2H2,(H,33,36). The summed E-state index contributed by atoms with van der Waals surface area (Å²) in [5.74, 6) is -4.47. The van der Waals surface area contributed by atoms with Gasteiger partial charge in [0.15, 0.2) is 5.82 Å². The third-order valence-electron chi connectivity index (χ3n) is 6.32. The molecule has 2 N–H and O–H groups in total. The van der Waals surface area contributed by atoms with Crippen molar-refractivity contribution in [1.29, 1.82) is 5.26 Å². The minimum absolute atomic E-state index is 0.00979. The largest absolute Gasteiger partial charge is 0.372 e. The van der Waals surface area contributed by atoms with Gasteiger partial charge < -0.3 is 10.6 Å². The average molecular weight is 566 g/mol. The van der Waals surface area contributed by atoms with Gasteiger partial charge in [0.1, 0.15) is 17.8 Å². The second-order valence-corrected chi connectivity index (χ2v) is 9.49. The van der Waals surface area contributed by atoms with Crippen LogP contribution in [-0.2, 0) is 0 Å². The summed E-state index contributed by atoms with van der Waals surface area (Å²) in [5.41, 5.74) is 1.39. The van der Waals surface area contributed by atoms with Crippen LogP contribution in [0.2, 0.25) is 5.02 Å². The number of halogens is 5. The van der Waals surface area contributed by atoms with Crippen LogP contribution in [0, 0.1) is 35.0 Å². The Morgan fingerprint density at radius 3 is 2.58 bits per heavy atom. The van der Waals surface area contributed by atoms with Gasteiger partial charge in [-0.1, -0.05) is 16.8 Å². The second kappa shape index (κ2) is 10.0. The fourth-order valence-corrected chi connectivity index (χ4v) is 4.52. The van der Waals surface area contributed by atoms with Crippen LogP contribution in [-0.4, -0.2) is 29.9 Å². The van der Waals surface area contributed by atoms with Crippen molar-refractivity contribution in [3.8, 4) is 6.07 Å². The Bertz CT molecular complexity index is 1820. The summed E-state index contributed by atoms with van der Waals surface area (Å²) < 4.78 is 57.4. The average Bonchev–Trinajstić information content (AvgIpc) is 3.66. The van der Waals surface area contributed by atoms with Gasteiger partial charge in [0.25, 0.3) is 0 Å². The number of aromatic nitrogens is 6. The van der Waals surface area contributed by atoms with Crippen molar-refractivity contribution in [1.82, 2.24) is 29.9 Å². The lowest BCUT2D eigenvalue weighted by Gasteiger charge is -2.20. The lowest BCUT2D eigenvalue weighted by Crippen LogP contribution is -2.16. The fraction of sp³-hybridized carbons (Fsp3) is 0.154. The van der Waals surface area contributed by atoms with Crippen molar-refractivity contribution < 1.29 is 17.6 Å². The fourth-order valence-electron chi connectivity index (χ4n) is 4.25. The SMILES string of the molecule is N#Cc1cnc2c(Cl)cc(NC(c3cn(C4CC4)nn3)c3ccc(F)nc3F)cc2c1Nc1cnc(F)c(F)c1. The van der Waals surface area contributed by atoms with E-state index in [0.717, 1.165) is 31.2 Å². The van der Waals surface area contributed by atoms with Gasteiger partial charge in [0.2, 0.25) is 17.8 Å². The van der Waals surface area contributed by atoms with Crippen LogP contribution in [0.15, 0.2) is 48.9 Å². The molecule has 1 aliphatic rings. The van der Waals surface area contributed by atoms with Gasteiger partial charge in [-0.15, -0.1) is 5.10 Å². The molecule has 200 valence electrons. The Labute approximate surface area is 228 Å². The highest BCUT2D eigenvalue weighted by Crippen LogP contribution is 2.38. The minimum Gasteiger partial charge on any atom is -0.372 e. The Balaban J connectivity index is 1.45. The first kappa shape index (κ1) is 25.4. The second-order valence-electron chi connectivity index (χ2n) is 9.08. The molecule has 5 aromatic rings. The quantitative estimate of drug-likeness (QED) is 0.183. The van der Waals surface area contributed by atoms with Crippen LogP contribution in [0.4, 0.5) is 34.6 Å². The third-order valence-corrected chi connectivity index (χ3v) is 6.61. The molecule has 0 amide bonds. The maximum Gasteiger partial charge on any atom is 0.249 e. The minimum atomic E-state index is -1.27. The van der Waals surface area contributed by atoms with E-state index in [1.807, 2.05) is 6.07 Å². The lowest BCUT2D eigenvalue weighted by atomic mass is 10.0. The van der Waals surface area contributed by atoms with Crippen molar-refractivity contribution in [2.75, 3.05) is 10.6 Å². The molecule has 1 aromatic carbocycles. The van der Waals surface area contributed by atoms with E-state index >= 15 is 0 Å². The Hall–Kier alpha value is -4.83. The van der Waals surface area contributed by atoms with E-state index in [2.05, 4.69) is 35.9 Å². The van der Waals surface area contributed by atoms with Crippen LogP contribution < -0.4 is 10.6 Å². The normalized spacial score (nSPS) is 13.7. The number of hydrogen-bond donors (Lipinski definition) is 2. The molecule has 4 aromatic heterocycles. The molecule has 40 heavy (non-hydrogen) atoms. The predicted octanol–water partition coefficient (Wildman–Crippen LogP) is 5.98. The smallest absolute Gasteiger partial charge is 0.249 e. The van der Waals surface area contributed by atoms with Crippen molar-refractivity contribution >= 4 is 39.6 Å². The summed E-state index contributed by atoms with van der Waals surface area (Å²) >= 11 is 6.56. The van der Waals surface area contributed by atoms with Gasteiger partial charge in [-0.3, -0.25) is 4.98 Å². The van der Waals surface area contributed by atoms with E-state index in [9.17, 15) is 22.8 Å². The van der Waals surface area contributed by atoms with Crippen LogP contribution in [0.3, 0.4) is 0 Å². The van der Waals surface area contributed by atoms with Gasteiger partial charge in [0, 0.05) is 28.9 Å². The monoisotopic (exact) mass is 565 g/mol. The maximum atomic E-state index is 14.9. The molecule has 0 bridgehead atoms. The van der Waals surface area contributed by atoms with E-state index in [4.69, 9.17) is 11.6 Å². The molecule has 1 aliphatic carbocycles. The zero-order valence-electron chi connectivity index (χ0n) is 20.2. The lowest BCUT2D eigenvalue weighted by molar-refractivity contribution is 0.480. The topological polar surface area (TPSA) is 117 Å². The first-order valence-electron chi connectivity index (χ1n) is 11.9. The van der Waals surface area contributed by atoms with Crippen molar-refractivity contribution in [3.63, 3.8) is 0 Å². The van der Waals surface area contributed by atoms with Crippen LogP contribution in [0.25, 0.3) is 10.9 Å². The maximum absolute atomic E-state index is 14.9. The van der Waals surface area contributed by atoms with Gasteiger partial charge in [0.05, 0.1) is 45.9 Å². The number of nitriles is 1. The molecule has 9 nitrogen and oxygen atoms in total. The number of fused-ring (bicyclic) bond motifs is 1. The van der Waals surface area contributed by atoms with E-state index < -0.39 is 29.7 Å². The Morgan fingerprint density at radius 2 is 1.85 bits per heavy atom. The van der Waals surface area contributed by atoms with Gasteiger partial charge in [-0.25, -0.2) is 14.1 Å². The molecule has 4 heterocycles. The molecular formula is C26H16ClF4N9. The highest BCUT2D eigenvalue weighted by atomic mass is 35.5. The van der Waals surface area contributed by atoms with Gasteiger partial charge >= 0.3 is 0 Å². The summed E-state index contributed by atoms with van der Waals surface area (Å²) in [6.07, 6.45) is 5.93. The van der Waals surface area contributed by atoms with Crippen molar-refractivity contribution in [2.45, 2.75) is 24.9 Å².